The molecule has 2 heteroatoms. The highest BCUT2D eigenvalue weighted by atomic mass is 15.1. The summed E-state index contributed by atoms with van der Waals surface area (Å²) >= 11 is 0. The van der Waals surface area contributed by atoms with Gasteiger partial charge in [-0.15, -0.1) is 0 Å². The van der Waals surface area contributed by atoms with Crippen molar-refractivity contribution in [2.24, 2.45) is 0 Å². The molecule has 0 saturated heterocycles. The third-order valence-corrected chi connectivity index (χ3v) is 16.8. The van der Waals surface area contributed by atoms with Gasteiger partial charge in [-0.3, -0.25) is 0 Å². The van der Waals surface area contributed by atoms with Crippen molar-refractivity contribution < 1.29 is 0 Å². The van der Waals surface area contributed by atoms with Crippen LogP contribution in [0.2, 0.25) is 0 Å². The largest absolute Gasteiger partial charge is 0.310 e. The first-order valence-corrected chi connectivity index (χ1v) is 25.2. The molecule has 0 saturated carbocycles. The van der Waals surface area contributed by atoms with E-state index in [-0.39, 0.29) is 16.2 Å². The van der Waals surface area contributed by atoms with Crippen molar-refractivity contribution in [1.29, 1.82) is 0 Å². The molecule has 14 rings (SSSR count). The zero-order valence-electron chi connectivity index (χ0n) is 41.2. The smallest absolute Gasteiger partial charge is 0.0541 e. The van der Waals surface area contributed by atoms with E-state index in [0.29, 0.717) is 0 Å². The number of benzene rings is 10. The summed E-state index contributed by atoms with van der Waals surface area (Å²) in [6.45, 7) is 14.3. The average Bonchev–Trinajstić information content (AvgIpc) is 4.02. The average molecular weight is 911 g/mol. The van der Waals surface area contributed by atoms with Crippen molar-refractivity contribution in [2.75, 3.05) is 4.90 Å². The predicted molar refractivity (Wildman–Crippen MR) is 299 cm³/mol. The van der Waals surface area contributed by atoms with E-state index >= 15 is 0 Å². The molecule has 0 atom stereocenters. The summed E-state index contributed by atoms with van der Waals surface area (Å²) < 4.78 is 2.44. The van der Waals surface area contributed by atoms with Crippen LogP contribution in [0.25, 0.3) is 83.1 Å². The SMILES string of the molecule is CC1(C)c2ccccc2-c2ccc(-c3cccc(N(c4cccc(-c5ccc6c(c5)C(C)(C)c5ccccc5-6)c4)c4ccc5c(c4)C(C)(C)c4cc(-n6c7ccccc7c7ccccc76)ccc4-5)c3)cc21. The van der Waals surface area contributed by atoms with Crippen LogP contribution in [0.1, 0.15) is 74.9 Å². The summed E-state index contributed by atoms with van der Waals surface area (Å²) in [5, 5.41) is 2.56. The van der Waals surface area contributed by atoms with Gasteiger partial charge in [0.1, 0.15) is 0 Å². The summed E-state index contributed by atoms with van der Waals surface area (Å²) in [4.78, 5) is 2.48. The molecular formula is C69H54N2. The Balaban J connectivity index is 0.901. The molecule has 0 bridgehead atoms. The van der Waals surface area contributed by atoms with Gasteiger partial charge in [0.15, 0.2) is 0 Å². The van der Waals surface area contributed by atoms with Gasteiger partial charge in [0, 0.05) is 49.8 Å². The van der Waals surface area contributed by atoms with Crippen LogP contribution in [0.15, 0.2) is 218 Å². The first-order valence-electron chi connectivity index (χ1n) is 25.2. The minimum Gasteiger partial charge on any atom is -0.310 e. The van der Waals surface area contributed by atoms with Crippen molar-refractivity contribution in [3.8, 4) is 61.3 Å². The number of fused-ring (bicyclic) bond motifs is 12. The van der Waals surface area contributed by atoms with Crippen LogP contribution < -0.4 is 4.90 Å². The fourth-order valence-electron chi connectivity index (χ4n) is 13.1. The van der Waals surface area contributed by atoms with Gasteiger partial charge in [0.05, 0.1) is 11.0 Å². The number of hydrogen-bond acceptors (Lipinski definition) is 1. The molecule has 1 aromatic heterocycles. The molecule has 0 unspecified atom stereocenters. The van der Waals surface area contributed by atoms with E-state index in [9.17, 15) is 0 Å². The molecule has 10 aromatic carbocycles. The lowest BCUT2D eigenvalue weighted by Gasteiger charge is -2.29. The van der Waals surface area contributed by atoms with Crippen molar-refractivity contribution in [1.82, 2.24) is 4.57 Å². The van der Waals surface area contributed by atoms with Gasteiger partial charge < -0.3 is 9.47 Å². The second-order valence-electron chi connectivity index (χ2n) is 21.8. The normalized spacial score (nSPS) is 15.0. The predicted octanol–water partition coefficient (Wildman–Crippen LogP) is 18.5. The van der Waals surface area contributed by atoms with Crippen LogP contribution in [0, 0.1) is 0 Å². The zero-order valence-corrected chi connectivity index (χ0v) is 41.2. The van der Waals surface area contributed by atoms with Gasteiger partial charge in [-0.1, -0.05) is 187 Å². The molecular weight excluding hydrogens is 857 g/mol. The maximum Gasteiger partial charge on any atom is 0.0541 e. The summed E-state index contributed by atoms with van der Waals surface area (Å²) in [5.74, 6) is 0. The van der Waals surface area contributed by atoms with Crippen LogP contribution >= 0.6 is 0 Å². The fraction of sp³-hybridized carbons (Fsp3) is 0.130. The van der Waals surface area contributed by atoms with Crippen LogP contribution in [-0.2, 0) is 16.2 Å². The van der Waals surface area contributed by atoms with Gasteiger partial charge in [-0.25, -0.2) is 0 Å². The van der Waals surface area contributed by atoms with Crippen LogP contribution in [0.4, 0.5) is 17.1 Å². The molecule has 3 aliphatic rings. The van der Waals surface area contributed by atoms with Gasteiger partial charge >= 0.3 is 0 Å². The van der Waals surface area contributed by atoms with E-state index < -0.39 is 0 Å². The molecule has 1 heterocycles. The number of anilines is 3. The number of nitrogens with zero attached hydrogens (tertiary/aromatic N) is 2. The van der Waals surface area contributed by atoms with E-state index in [2.05, 4.69) is 269 Å². The first-order chi connectivity index (χ1) is 34.5. The van der Waals surface area contributed by atoms with E-state index in [4.69, 9.17) is 0 Å². The first kappa shape index (κ1) is 41.7. The molecule has 2 nitrogen and oxygen atoms in total. The maximum atomic E-state index is 2.48. The minimum absolute atomic E-state index is 0.0827. The van der Waals surface area contributed by atoms with Crippen molar-refractivity contribution in [3.05, 3.63) is 252 Å². The molecule has 340 valence electrons. The Kier molecular flexibility index (Phi) is 8.76. The van der Waals surface area contributed by atoms with Gasteiger partial charge in [0.25, 0.3) is 0 Å². The van der Waals surface area contributed by atoms with E-state index in [1.807, 2.05) is 0 Å². The molecule has 0 radical (unpaired) electrons. The Morgan fingerprint density at radius 1 is 0.282 bits per heavy atom. The third kappa shape index (κ3) is 6.01. The topological polar surface area (TPSA) is 8.17 Å². The number of para-hydroxylation sites is 2. The highest BCUT2D eigenvalue weighted by Gasteiger charge is 2.39. The minimum atomic E-state index is -0.256. The molecule has 0 spiro atoms. The molecule has 71 heavy (non-hydrogen) atoms. The Hall–Kier alpha value is -8.20. The highest BCUT2D eigenvalue weighted by molar-refractivity contribution is 6.09. The van der Waals surface area contributed by atoms with E-state index in [0.717, 1.165) is 17.1 Å². The number of aromatic nitrogens is 1. The standard InChI is InChI=1S/C69H54N2/c1-67(2)59-25-11-7-21-51(59)53-33-29-45(39-61(53)67)43-17-15-19-47(37-43)70(48-20-16-18-44(38-48)46-30-34-54-52-22-8-12-26-60(52)68(3,4)62(54)40-46)49-31-35-55-56-36-32-50(42-64(56)69(5,6)63(55)41-49)71-65-27-13-9-23-57(65)58-24-10-14-28-66(58)71/h7-42H,1-6H3. The van der Waals surface area contributed by atoms with Gasteiger partial charge in [-0.05, 0) is 162 Å². The lowest BCUT2D eigenvalue weighted by atomic mass is 9.81. The van der Waals surface area contributed by atoms with Crippen LogP contribution in [0.3, 0.4) is 0 Å². The quantitative estimate of drug-likeness (QED) is 0.161. The molecule has 3 aliphatic carbocycles. The van der Waals surface area contributed by atoms with E-state index in [1.54, 1.807) is 0 Å². The second-order valence-corrected chi connectivity index (χ2v) is 21.8. The van der Waals surface area contributed by atoms with Crippen molar-refractivity contribution >= 4 is 38.9 Å². The lowest BCUT2D eigenvalue weighted by Crippen LogP contribution is -2.17. The van der Waals surface area contributed by atoms with Crippen molar-refractivity contribution in [2.45, 2.75) is 57.8 Å². The third-order valence-electron chi connectivity index (χ3n) is 16.8. The second kappa shape index (κ2) is 14.9. The Bertz CT molecular complexity index is 3840. The lowest BCUT2D eigenvalue weighted by molar-refractivity contribution is 0.660. The summed E-state index contributed by atoms with van der Waals surface area (Å²) in [6, 6.07) is 82.3. The number of rotatable bonds is 6. The Morgan fingerprint density at radius 2 is 0.662 bits per heavy atom. The Labute approximate surface area is 417 Å². The van der Waals surface area contributed by atoms with E-state index in [1.165, 1.54) is 117 Å². The molecule has 11 aromatic rings. The van der Waals surface area contributed by atoms with Gasteiger partial charge in [0.2, 0.25) is 0 Å². The molecule has 0 amide bonds. The maximum absolute atomic E-state index is 2.48. The Morgan fingerprint density at radius 3 is 1.20 bits per heavy atom. The van der Waals surface area contributed by atoms with Gasteiger partial charge in [-0.2, -0.15) is 0 Å². The molecule has 0 aliphatic heterocycles. The zero-order chi connectivity index (χ0) is 48.0. The number of hydrogen-bond donors (Lipinski definition) is 0. The van der Waals surface area contributed by atoms with Crippen LogP contribution in [0.5, 0.6) is 0 Å². The highest BCUT2D eigenvalue weighted by Crippen LogP contribution is 2.54. The molecule has 0 N–H and O–H groups in total. The molecule has 0 fully saturated rings. The van der Waals surface area contributed by atoms with Crippen LogP contribution in [-0.4, -0.2) is 4.57 Å². The monoisotopic (exact) mass is 910 g/mol. The van der Waals surface area contributed by atoms with Crippen molar-refractivity contribution in [3.63, 3.8) is 0 Å². The summed E-state index contributed by atoms with van der Waals surface area (Å²) in [7, 11) is 0. The summed E-state index contributed by atoms with van der Waals surface area (Å²) in [6.07, 6.45) is 0. The fourth-order valence-corrected chi connectivity index (χ4v) is 13.1. The summed E-state index contributed by atoms with van der Waals surface area (Å²) in [5.41, 5.74) is 27.7.